The smallest absolute Gasteiger partial charge is 0.253 e. The minimum Gasteiger partial charge on any atom is -0.337 e. The molecule has 1 fully saturated rings. The molecule has 2 atom stereocenters. The van der Waals surface area contributed by atoms with Crippen LogP contribution in [0, 0.1) is 0 Å². The number of rotatable bonds is 5. The van der Waals surface area contributed by atoms with Gasteiger partial charge in [-0.2, -0.15) is 9.78 Å². The average molecular weight is 425 g/mol. The molecule has 3 aromatic rings. The number of nitrogens with zero attached hydrogens (tertiary/aromatic N) is 7. The van der Waals surface area contributed by atoms with E-state index >= 15 is 0 Å². The molecule has 0 spiro atoms. The first kappa shape index (κ1) is 20.7. The van der Waals surface area contributed by atoms with Crippen LogP contribution >= 0.6 is 24.0 Å². The van der Waals surface area contributed by atoms with Gasteiger partial charge in [0, 0.05) is 30.2 Å². The minimum absolute atomic E-state index is 0. The topological polar surface area (TPSA) is 97.8 Å². The molecule has 150 valence electrons. The third kappa shape index (κ3) is 4.17. The molecule has 11 heteroatoms. The zero-order valence-corrected chi connectivity index (χ0v) is 17.2. The van der Waals surface area contributed by atoms with Crippen LogP contribution in [0.25, 0.3) is 11.4 Å². The standard InChI is InChI=1S/C17H21ClN8O.ClH/c1-3-13(17-20-16(23-27-17)14-10-19-8-9-25(14)2)26-22-15(21-24-26)11-4-6-12(18)7-5-11;/h4-7,13-14,19H,3,8-10H2,1-2H3;1H. The lowest BCUT2D eigenvalue weighted by Crippen LogP contribution is -2.44. The highest BCUT2D eigenvalue weighted by molar-refractivity contribution is 6.30. The SMILES string of the molecule is CCC(c1nc(C2CNCCN2C)no1)n1nnc(-c2ccc(Cl)cc2)n1.Cl. The first-order valence-electron chi connectivity index (χ1n) is 8.95. The number of hydrogen-bond acceptors (Lipinski definition) is 8. The van der Waals surface area contributed by atoms with Gasteiger partial charge < -0.3 is 9.84 Å². The van der Waals surface area contributed by atoms with Crippen LogP contribution in [0.5, 0.6) is 0 Å². The van der Waals surface area contributed by atoms with E-state index in [1.807, 2.05) is 19.1 Å². The second kappa shape index (κ2) is 8.95. The highest BCUT2D eigenvalue weighted by atomic mass is 35.5. The Labute approximate surface area is 173 Å². The van der Waals surface area contributed by atoms with Gasteiger partial charge in [-0.05, 0) is 42.9 Å². The van der Waals surface area contributed by atoms with Gasteiger partial charge >= 0.3 is 0 Å². The quantitative estimate of drug-likeness (QED) is 0.666. The van der Waals surface area contributed by atoms with Gasteiger partial charge in [0.25, 0.3) is 5.89 Å². The summed E-state index contributed by atoms with van der Waals surface area (Å²) in [5.41, 5.74) is 0.849. The lowest BCUT2D eigenvalue weighted by molar-refractivity contribution is 0.190. The van der Waals surface area contributed by atoms with Crippen LogP contribution in [0.1, 0.15) is 37.1 Å². The monoisotopic (exact) mass is 424 g/mol. The van der Waals surface area contributed by atoms with Gasteiger partial charge in [-0.1, -0.05) is 23.7 Å². The van der Waals surface area contributed by atoms with Crippen LogP contribution in [-0.4, -0.2) is 61.9 Å². The fraction of sp³-hybridized carbons (Fsp3) is 0.471. The van der Waals surface area contributed by atoms with Crippen molar-refractivity contribution in [1.29, 1.82) is 0 Å². The predicted molar refractivity (Wildman–Crippen MR) is 106 cm³/mol. The Hall–Kier alpha value is -2.07. The molecular weight excluding hydrogens is 403 g/mol. The molecule has 1 aliphatic rings. The summed E-state index contributed by atoms with van der Waals surface area (Å²) in [6, 6.07) is 7.16. The Morgan fingerprint density at radius 3 is 2.82 bits per heavy atom. The highest BCUT2D eigenvalue weighted by Gasteiger charge is 2.28. The first-order valence-corrected chi connectivity index (χ1v) is 9.33. The van der Waals surface area contributed by atoms with Crippen LogP contribution in [-0.2, 0) is 0 Å². The van der Waals surface area contributed by atoms with E-state index in [0.29, 0.717) is 29.0 Å². The average Bonchev–Trinajstić information content (AvgIpc) is 3.34. The van der Waals surface area contributed by atoms with E-state index in [-0.39, 0.29) is 24.5 Å². The predicted octanol–water partition coefficient (Wildman–Crippen LogP) is 2.37. The molecule has 1 aromatic carbocycles. The van der Waals surface area contributed by atoms with Crippen molar-refractivity contribution in [3.8, 4) is 11.4 Å². The van der Waals surface area contributed by atoms with Crippen molar-refractivity contribution >= 4 is 24.0 Å². The van der Waals surface area contributed by atoms with E-state index in [1.165, 1.54) is 4.80 Å². The zero-order valence-electron chi connectivity index (χ0n) is 15.6. The third-order valence-corrected chi connectivity index (χ3v) is 5.00. The Kier molecular flexibility index (Phi) is 6.61. The molecule has 0 saturated carbocycles. The number of nitrogens with one attached hydrogen (secondary N) is 1. The molecule has 0 radical (unpaired) electrons. The van der Waals surface area contributed by atoms with Crippen molar-refractivity contribution < 1.29 is 4.52 Å². The van der Waals surface area contributed by atoms with Gasteiger partial charge in [0.05, 0.1) is 6.04 Å². The normalized spacial score (nSPS) is 18.6. The van der Waals surface area contributed by atoms with Crippen molar-refractivity contribution in [2.45, 2.75) is 25.4 Å². The Morgan fingerprint density at radius 2 is 2.11 bits per heavy atom. The fourth-order valence-electron chi connectivity index (χ4n) is 3.12. The van der Waals surface area contributed by atoms with E-state index in [2.05, 4.69) is 42.8 Å². The van der Waals surface area contributed by atoms with Crippen molar-refractivity contribution in [2.24, 2.45) is 0 Å². The maximum Gasteiger partial charge on any atom is 0.253 e. The van der Waals surface area contributed by atoms with E-state index < -0.39 is 0 Å². The summed E-state index contributed by atoms with van der Waals surface area (Å²) in [4.78, 5) is 8.37. The number of halogens is 2. The lowest BCUT2D eigenvalue weighted by atomic mass is 10.2. The van der Waals surface area contributed by atoms with Crippen molar-refractivity contribution in [1.82, 2.24) is 40.6 Å². The van der Waals surface area contributed by atoms with E-state index in [4.69, 9.17) is 16.1 Å². The van der Waals surface area contributed by atoms with Gasteiger partial charge in [0.15, 0.2) is 11.9 Å². The Morgan fingerprint density at radius 1 is 1.32 bits per heavy atom. The second-order valence-corrected chi connectivity index (χ2v) is 6.99. The summed E-state index contributed by atoms with van der Waals surface area (Å²) in [6.07, 6.45) is 0.705. The maximum atomic E-state index is 5.94. The van der Waals surface area contributed by atoms with Crippen LogP contribution in [0.4, 0.5) is 0 Å². The molecule has 1 N–H and O–H groups in total. The summed E-state index contributed by atoms with van der Waals surface area (Å²) < 4.78 is 5.54. The molecule has 3 heterocycles. The van der Waals surface area contributed by atoms with Gasteiger partial charge in [0.2, 0.25) is 5.82 Å². The van der Waals surface area contributed by atoms with Crippen molar-refractivity contribution in [2.75, 3.05) is 26.7 Å². The second-order valence-electron chi connectivity index (χ2n) is 6.56. The summed E-state index contributed by atoms with van der Waals surface area (Å²) in [7, 11) is 2.07. The van der Waals surface area contributed by atoms with Gasteiger partial charge in [-0.3, -0.25) is 4.90 Å². The molecular formula is C17H22Cl2N8O. The Balaban J connectivity index is 0.00000225. The van der Waals surface area contributed by atoms with Crippen LogP contribution < -0.4 is 5.32 Å². The van der Waals surface area contributed by atoms with E-state index in [9.17, 15) is 0 Å². The van der Waals surface area contributed by atoms with Gasteiger partial charge in [-0.25, -0.2) is 0 Å². The number of piperazine rings is 1. The minimum atomic E-state index is -0.262. The largest absolute Gasteiger partial charge is 0.337 e. The molecule has 0 amide bonds. The maximum absolute atomic E-state index is 5.94. The van der Waals surface area contributed by atoms with Crippen LogP contribution in [0.3, 0.4) is 0 Å². The van der Waals surface area contributed by atoms with Crippen molar-refractivity contribution in [3.63, 3.8) is 0 Å². The third-order valence-electron chi connectivity index (χ3n) is 4.75. The summed E-state index contributed by atoms with van der Waals surface area (Å²) in [5.74, 6) is 1.70. The summed E-state index contributed by atoms with van der Waals surface area (Å²) in [6.45, 7) is 4.73. The molecule has 28 heavy (non-hydrogen) atoms. The molecule has 2 unspecified atom stereocenters. The van der Waals surface area contributed by atoms with E-state index in [0.717, 1.165) is 25.2 Å². The first-order chi connectivity index (χ1) is 13.2. The molecule has 2 aromatic heterocycles. The van der Waals surface area contributed by atoms with E-state index in [1.54, 1.807) is 12.1 Å². The van der Waals surface area contributed by atoms with Gasteiger partial charge in [-0.15, -0.1) is 22.6 Å². The molecule has 1 saturated heterocycles. The number of benzene rings is 1. The van der Waals surface area contributed by atoms with Crippen LogP contribution in [0.2, 0.25) is 5.02 Å². The molecule has 1 aliphatic heterocycles. The molecule has 0 aliphatic carbocycles. The number of tetrazole rings is 1. The lowest BCUT2D eigenvalue weighted by Gasteiger charge is -2.30. The van der Waals surface area contributed by atoms with Crippen LogP contribution in [0.15, 0.2) is 28.8 Å². The molecule has 9 nitrogen and oxygen atoms in total. The highest BCUT2D eigenvalue weighted by Crippen LogP contribution is 2.24. The molecule has 0 bridgehead atoms. The summed E-state index contributed by atoms with van der Waals surface area (Å²) in [5, 5.41) is 21.0. The molecule has 4 rings (SSSR count). The summed E-state index contributed by atoms with van der Waals surface area (Å²) >= 11 is 5.94. The fourth-order valence-corrected chi connectivity index (χ4v) is 3.25. The van der Waals surface area contributed by atoms with Crippen molar-refractivity contribution in [3.05, 3.63) is 41.0 Å². The van der Waals surface area contributed by atoms with Gasteiger partial charge in [0.1, 0.15) is 0 Å². The Bertz CT molecular complexity index is 897. The number of hydrogen-bond donors (Lipinski definition) is 1. The number of aromatic nitrogens is 6. The number of likely N-dealkylation sites (N-methyl/N-ethyl adjacent to an activating group) is 1. The zero-order chi connectivity index (χ0) is 18.8.